The molecule has 26 heavy (non-hydrogen) atoms. The van der Waals surface area contributed by atoms with Gasteiger partial charge in [0, 0.05) is 17.2 Å². The Kier molecular flexibility index (Phi) is 4.42. The van der Waals surface area contributed by atoms with E-state index in [1.165, 1.54) is 12.5 Å². The summed E-state index contributed by atoms with van der Waals surface area (Å²) in [5.41, 5.74) is 1.67. The largest absolute Gasteiger partial charge is 0.488 e. The van der Waals surface area contributed by atoms with E-state index in [1.807, 2.05) is 4.57 Å². The number of benzene rings is 1. The smallest absolute Gasteiger partial charge is 0.251 e. The molecule has 4 rings (SSSR count). The van der Waals surface area contributed by atoms with Crippen molar-refractivity contribution in [3.05, 3.63) is 36.0 Å². The molecule has 2 atom stereocenters. The summed E-state index contributed by atoms with van der Waals surface area (Å²) in [5.74, 6) is 0.316. The van der Waals surface area contributed by atoms with Gasteiger partial charge in [-0.3, -0.25) is 4.79 Å². The molecule has 5 nitrogen and oxygen atoms in total. The lowest BCUT2D eigenvalue weighted by molar-refractivity contribution is 0.0880. The normalized spacial score (nSPS) is 22.7. The number of aromatic nitrogens is 2. The van der Waals surface area contributed by atoms with Gasteiger partial charge in [-0.25, -0.2) is 9.37 Å². The molecule has 1 aliphatic heterocycles. The van der Waals surface area contributed by atoms with Crippen LogP contribution in [-0.4, -0.2) is 28.1 Å². The van der Waals surface area contributed by atoms with E-state index in [9.17, 15) is 9.18 Å². The lowest BCUT2D eigenvalue weighted by Gasteiger charge is -2.35. The van der Waals surface area contributed by atoms with Crippen LogP contribution in [0.4, 0.5) is 4.39 Å². The monoisotopic (exact) mass is 357 g/mol. The lowest BCUT2D eigenvalue weighted by atomic mass is 9.78. The van der Waals surface area contributed by atoms with E-state index in [0.29, 0.717) is 36.1 Å². The van der Waals surface area contributed by atoms with Crippen molar-refractivity contribution < 1.29 is 13.9 Å². The highest BCUT2D eigenvalue weighted by atomic mass is 19.1. The fraction of sp³-hybridized carbons (Fsp3) is 0.500. The van der Waals surface area contributed by atoms with Gasteiger partial charge in [0.1, 0.15) is 6.61 Å². The van der Waals surface area contributed by atoms with Crippen molar-refractivity contribution in [1.29, 1.82) is 0 Å². The summed E-state index contributed by atoms with van der Waals surface area (Å²) in [6.45, 7) is 5.31. The van der Waals surface area contributed by atoms with Crippen molar-refractivity contribution in [3.63, 3.8) is 0 Å². The number of rotatable bonds is 2. The molecule has 1 N–H and O–H groups in total. The summed E-state index contributed by atoms with van der Waals surface area (Å²) in [4.78, 5) is 17.0. The van der Waals surface area contributed by atoms with Gasteiger partial charge in [0.05, 0.1) is 24.8 Å². The minimum absolute atomic E-state index is 0.125. The molecule has 2 aliphatic rings. The van der Waals surface area contributed by atoms with E-state index in [2.05, 4.69) is 24.1 Å². The molecular weight excluding hydrogens is 333 g/mol. The summed E-state index contributed by atoms with van der Waals surface area (Å²) >= 11 is 0. The molecule has 0 unspecified atom stereocenters. The van der Waals surface area contributed by atoms with E-state index in [0.717, 1.165) is 18.5 Å². The van der Waals surface area contributed by atoms with Gasteiger partial charge >= 0.3 is 0 Å². The van der Waals surface area contributed by atoms with Crippen LogP contribution in [0.3, 0.4) is 0 Å². The van der Waals surface area contributed by atoms with Crippen molar-refractivity contribution in [3.8, 4) is 17.0 Å². The van der Waals surface area contributed by atoms with Crippen LogP contribution < -0.4 is 10.1 Å². The Labute approximate surface area is 152 Å². The molecule has 1 aromatic heterocycles. The molecule has 1 saturated carbocycles. The zero-order valence-corrected chi connectivity index (χ0v) is 15.2. The molecule has 2 aromatic rings. The van der Waals surface area contributed by atoms with Crippen molar-refractivity contribution in [2.75, 3.05) is 6.61 Å². The summed E-state index contributed by atoms with van der Waals surface area (Å²) in [6.07, 6.45) is 6.80. The second-order valence-corrected chi connectivity index (χ2v) is 7.54. The average Bonchev–Trinajstić information content (AvgIpc) is 3.00. The van der Waals surface area contributed by atoms with Gasteiger partial charge in [-0.1, -0.05) is 20.3 Å². The van der Waals surface area contributed by atoms with Crippen LogP contribution in [0.25, 0.3) is 11.3 Å². The van der Waals surface area contributed by atoms with Gasteiger partial charge < -0.3 is 14.6 Å². The number of carbonyl (C=O) groups excluding carboxylic acids is 1. The Morgan fingerprint density at radius 1 is 1.31 bits per heavy atom. The Balaban J connectivity index is 1.66. The number of fused-ring (bicyclic) bond motifs is 3. The van der Waals surface area contributed by atoms with Gasteiger partial charge in [0.15, 0.2) is 11.6 Å². The molecule has 1 aromatic carbocycles. The fourth-order valence-electron chi connectivity index (χ4n) is 4.23. The third kappa shape index (κ3) is 2.97. The van der Waals surface area contributed by atoms with E-state index >= 15 is 0 Å². The minimum Gasteiger partial charge on any atom is -0.488 e. The van der Waals surface area contributed by atoms with Gasteiger partial charge in [-0.15, -0.1) is 0 Å². The van der Waals surface area contributed by atoms with Crippen molar-refractivity contribution >= 4 is 5.91 Å². The highest BCUT2D eigenvalue weighted by molar-refractivity contribution is 5.96. The van der Waals surface area contributed by atoms with Gasteiger partial charge in [0.2, 0.25) is 0 Å². The molecule has 0 saturated heterocycles. The summed E-state index contributed by atoms with van der Waals surface area (Å²) in [5, 5.41) is 3.13. The Bertz CT molecular complexity index is 822. The number of hydrogen-bond acceptors (Lipinski definition) is 3. The van der Waals surface area contributed by atoms with Crippen molar-refractivity contribution in [1.82, 2.24) is 14.9 Å². The first-order chi connectivity index (χ1) is 12.5. The zero-order valence-electron chi connectivity index (χ0n) is 15.2. The van der Waals surface area contributed by atoms with Gasteiger partial charge in [0.25, 0.3) is 5.91 Å². The molecule has 6 heteroatoms. The van der Waals surface area contributed by atoms with Crippen LogP contribution in [0.1, 0.15) is 43.5 Å². The van der Waals surface area contributed by atoms with Crippen LogP contribution in [-0.2, 0) is 6.54 Å². The molecule has 0 spiro atoms. The number of carbonyl (C=O) groups is 1. The molecule has 1 fully saturated rings. The predicted octanol–water partition coefficient (Wildman–Crippen LogP) is 3.64. The lowest BCUT2D eigenvalue weighted by Crippen LogP contribution is -2.45. The third-order valence-corrected chi connectivity index (χ3v) is 5.72. The first-order valence-corrected chi connectivity index (χ1v) is 9.32. The number of ether oxygens (including phenoxy) is 1. The molecule has 0 bridgehead atoms. The van der Waals surface area contributed by atoms with Crippen molar-refractivity contribution in [2.45, 2.75) is 45.7 Å². The third-order valence-electron chi connectivity index (χ3n) is 5.72. The van der Waals surface area contributed by atoms with E-state index < -0.39 is 5.82 Å². The summed E-state index contributed by atoms with van der Waals surface area (Å²) in [7, 11) is 0. The molecule has 1 amide bonds. The van der Waals surface area contributed by atoms with Gasteiger partial charge in [-0.2, -0.15) is 0 Å². The second-order valence-electron chi connectivity index (χ2n) is 7.54. The average molecular weight is 357 g/mol. The summed E-state index contributed by atoms with van der Waals surface area (Å²) in [6, 6.07) is 3.11. The number of hydrogen-bond donors (Lipinski definition) is 1. The van der Waals surface area contributed by atoms with E-state index in [-0.39, 0.29) is 17.7 Å². The molecule has 0 radical (unpaired) electrons. The van der Waals surface area contributed by atoms with Crippen LogP contribution >= 0.6 is 0 Å². The standard InChI is InChI=1S/C20H24FN3O2/c1-12-4-3-5-13(2)18(12)23-20(25)14-8-15-17-10-22-11-24(17)6-7-26-19(15)16(21)9-14/h8-13,18H,3-7H2,1-2H3,(H,23,25)/t12-,13-/m1/s1. The fourth-order valence-corrected chi connectivity index (χ4v) is 4.23. The first-order valence-electron chi connectivity index (χ1n) is 9.32. The first kappa shape index (κ1) is 17.1. The highest BCUT2D eigenvalue weighted by Gasteiger charge is 2.30. The van der Waals surface area contributed by atoms with Gasteiger partial charge in [-0.05, 0) is 36.8 Å². The Morgan fingerprint density at radius 3 is 2.85 bits per heavy atom. The quantitative estimate of drug-likeness (QED) is 0.893. The topological polar surface area (TPSA) is 56.2 Å². The SMILES string of the molecule is C[C@@H]1CCC[C@@H](C)C1NC(=O)c1cc(F)c2c(c1)-c1cncn1CCO2. The Hall–Kier alpha value is -2.37. The molecule has 2 heterocycles. The second kappa shape index (κ2) is 6.74. The molecular formula is C20H24FN3O2. The van der Waals surface area contributed by atoms with Crippen LogP contribution in [0.5, 0.6) is 5.75 Å². The maximum absolute atomic E-state index is 14.7. The number of halogens is 1. The number of nitrogens with zero attached hydrogens (tertiary/aromatic N) is 2. The van der Waals surface area contributed by atoms with Crippen molar-refractivity contribution in [2.24, 2.45) is 11.8 Å². The predicted molar refractivity (Wildman–Crippen MR) is 96.5 cm³/mol. The molecule has 138 valence electrons. The van der Waals surface area contributed by atoms with E-state index in [4.69, 9.17) is 4.74 Å². The highest BCUT2D eigenvalue weighted by Crippen LogP contribution is 2.36. The number of nitrogens with one attached hydrogen (secondary N) is 1. The minimum atomic E-state index is -0.507. The number of imidazole rings is 1. The number of amides is 1. The maximum Gasteiger partial charge on any atom is 0.251 e. The van der Waals surface area contributed by atoms with E-state index in [1.54, 1.807) is 18.6 Å². The summed E-state index contributed by atoms with van der Waals surface area (Å²) < 4.78 is 22.2. The zero-order chi connectivity index (χ0) is 18.3. The van der Waals surface area contributed by atoms with Crippen LogP contribution in [0.15, 0.2) is 24.7 Å². The molecule has 1 aliphatic carbocycles. The van der Waals surface area contributed by atoms with Crippen LogP contribution in [0.2, 0.25) is 0 Å². The maximum atomic E-state index is 14.7. The Morgan fingerprint density at radius 2 is 2.08 bits per heavy atom. The van der Waals surface area contributed by atoms with Crippen LogP contribution in [0, 0.1) is 17.7 Å².